The number of fused-ring (bicyclic) bond motifs is 2. The Kier molecular flexibility index (Phi) is 6.84. The molecule has 0 saturated heterocycles. The molecule has 3 aromatic rings. The zero-order valence-corrected chi connectivity index (χ0v) is 18.7. The number of rotatable bonds is 9. The van der Waals surface area contributed by atoms with Crippen molar-refractivity contribution in [1.29, 1.82) is 5.41 Å². The molecule has 0 aromatic heterocycles. The number of anilines is 2. The molecule has 0 atom stereocenters. The second-order valence-electron chi connectivity index (χ2n) is 8.49. The summed E-state index contributed by atoms with van der Waals surface area (Å²) in [7, 11) is 0. The maximum absolute atomic E-state index is 13.5. The molecule has 0 saturated carbocycles. The molecule has 0 spiro atoms. The molecule has 1 aliphatic rings. The van der Waals surface area contributed by atoms with Crippen LogP contribution in [0.15, 0.2) is 60.7 Å². The molecular weight excluding hydrogens is 431 g/mol. The lowest BCUT2D eigenvalue weighted by molar-refractivity contribution is -0.106. The van der Waals surface area contributed by atoms with Crippen molar-refractivity contribution in [2.75, 3.05) is 17.2 Å². The zero-order valence-electron chi connectivity index (χ0n) is 18.7. The van der Waals surface area contributed by atoms with Gasteiger partial charge in [-0.05, 0) is 90.0 Å². The Morgan fingerprint density at radius 3 is 1.91 bits per heavy atom. The Hall–Kier alpha value is -3.84. The molecule has 0 radical (unpaired) electrons. The van der Waals surface area contributed by atoms with E-state index in [2.05, 4.69) is 10.6 Å². The number of amides is 2. The van der Waals surface area contributed by atoms with Crippen LogP contribution < -0.4 is 16.4 Å². The highest BCUT2D eigenvalue weighted by molar-refractivity contribution is 5.98. The highest BCUT2D eigenvalue weighted by Gasteiger charge is 2.42. The first-order valence-electron chi connectivity index (χ1n) is 11.2. The number of benzene rings is 3. The highest BCUT2D eigenvalue weighted by Crippen LogP contribution is 2.45. The van der Waals surface area contributed by atoms with Crippen molar-refractivity contribution in [3.63, 3.8) is 0 Å². The molecule has 4 rings (SSSR count). The molecule has 174 valence electrons. The van der Waals surface area contributed by atoms with Crippen molar-refractivity contribution >= 4 is 29.9 Å². The van der Waals surface area contributed by atoms with Crippen molar-refractivity contribution in [3.05, 3.63) is 94.3 Å². The first kappa shape index (κ1) is 23.3. The monoisotopic (exact) mass is 458 g/mol. The second kappa shape index (κ2) is 9.97. The largest absolute Gasteiger partial charge is 0.330 e. The number of nitrogens with two attached hydrogens (primary N) is 1. The lowest BCUT2D eigenvalue weighted by Crippen LogP contribution is -2.41. The molecule has 34 heavy (non-hydrogen) atoms. The lowest BCUT2D eigenvalue weighted by Gasteiger charge is -2.37. The summed E-state index contributed by atoms with van der Waals surface area (Å²) in [6, 6.07) is 17.8. The van der Waals surface area contributed by atoms with Crippen LogP contribution in [-0.4, -0.2) is 25.1 Å². The first-order chi connectivity index (χ1) is 16.5. The molecule has 0 bridgehead atoms. The minimum Gasteiger partial charge on any atom is -0.330 e. The van der Waals surface area contributed by atoms with E-state index in [1.807, 2.05) is 36.4 Å². The molecule has 7 heteroatoms. The lowest BCUT2D eigenvalue weighted by atomic mass is 9.65. The number of carbonyl (C=O) groups is 2. The third-order valence-electron chi connectivity index (χ3n) is 6.57. The Morgan fingerprint density at radius 1 is 0.912 bits per heavy atom. The second-order valence-corrected chi connectivity index (χ2v) is 8.49. The van der Waals surface area contributed by atoms with E-state index in [9.17, 15) is 19.4 Å². The fourth-order valence-electron chi connectivity index (χ4n) is 5.08. The summed E-state index contributed by atoms with van der Waals surface area (Å²) in [6.45, 7) is 0.355. The van der Waals surface area contributed by atoms with Gasteiger partial charge in [-0.15, -0.1) is 0 Å². The van der Waals surface area contributed by atoms with E-state index in [0.29, 0.717) is 62.1 Å². The Bertz CT molecular complexity index is 1160. The summed E-state index contributed by atoms with van der Waals surface area (Å²) < 4.78 is 13.5. The molecular formula is C27H27FN4O2. The van der Waals surface area contributed by atoms with Gasteiger partial charge in [0.15, 0.2) is 0 Å². The summed E-state index contributed by atoms with van der Waals surface area (Å²) in [6.07, 6.45) is 3.55. The molecule has 0 fully saturated rings. The van der Waals surface area contributed by atoms with Gasteiger partial charge in [0.1, 0.15) is 5.82 Å². The standard InChI is InChI=1S/C27H27FN4O2/c28-21-5-1-18(2-6-21)13-26(30)27(11-12-29)24-9-7-22(31-16-33)14-19(24)3-4-20-15-23(32-17-34)8-10-25(20)27/h1-2,5-10,14-17,30H,3-4,11-13,29H2,(H,31,33)(H,32,34). The zero-order chi connectivity index (χ0) is 24.1. The van der Waals surface area contributed by atoms with Crippen LogP contribution >= 0.6 is 0 Å². The number of hydrogen-bond donors (Lipinski definition) is 4. The van der Waals surface area contributed by atoms with Gasteiger partial charge in [0.25, 0.3) is 0 Å². The van der Waals surface area contributed by atoms with E-state index >= 15 is 0 Å². The molecule has 0 unspecified atom stereocenters. The van der Waals surface area contributed by atoms with Crippen molar-refractivity contribution in [2.24, 2.45) is 5.73 Å². The smallest absolute Gasteiger partial charge is 0.211 e. The Balaban J connectivity index is 1.92. The van der Waals surface area contributed by atoms with E-state index in [4.69, 9.17) is 5.73 Å². The summed E-state index contributed by atoms with van der Waals surface area (Å²) in [5.41, 5.74) is 12.1. The number of carbonyl (C=O) groups excluding carboxylic acids is 2. The average molecular weight is 459 g/mol. The molecule has 0 aliphatic heterocycles. The molecule has 3 aromatic carbocycles. The van der Waals surface area contributed by atoms with Crippen LogP contribution in [-0.2, 0) is 34.3 Å². The summed E-state index contributed by atoms with van der Waals surface area (Å²) in [4.78, 5) is 22.1. The fourth-order valence-corrected chi connectivity index (χ4v) is 5.08. The Morgan fingerprint density at radius 2 is 1.44 bits per heavy atom. The van der Waals surface area contributed by atoms with Crippen LogP contribution in [0.4, 0.5) is 15.8 Å². The maximum atomic E-state index is 13.5. The highest BCUT2D eigenvalue weighted by atomic mass is 19.1. The van der Waals surface area contributed by atoms with E-state index in [1.165, 1.54) is 12.1 Å². The molecule has 5 N–H and O–H groups in total. The van der Waals surface area contributed by atoms with Crippen LogP contribution in [0.2, 0.25) is 0 Å². The van der Waals surface area contributed by atoms with Crippen molar-refractivity contribution in [3.8, 4) is 0 Å². The predicted molar refractivity (Wildman–Crippen MR) is 132 cm³/mol. The van der Waals surface area contributed by atoms with Crippen LogP contribution in [0.25, 0.3) is 0 Å². The minimum absolute atomic E-state index is 0.317. The molecule has 0 heterocycles. The van der Waals surface area contributed by atoms with E-state index in [0.717, 1.165) is 27.8 Å². The van der Waals surface area contributed by atoms with E-state index < -0.39 is 5.41 Å². The van der Waals surface area contributed by atoms with E-state index in [1.54, 1.807) is 12.1 Å². The average Bonchev–Trinajstić information content (AvgIpc) is 2.96. The van der Waals surface area contributed by atoms with Gasteiger partial charge in [-0.2, -0.15) is 0 Å². The molecule has 1 aliphatic carbocycles. The number of nitrogens with one attached hydrogen (secondary N) is 3. The fraction of sp³-hybridized carbons (Fsp3) is 0.222. The van der Waals surface area contributed by atoms with Gasteiger partial charge < -0.3 is 21.8 Å². The van der Waals surface area contributed by atoms with Crippen molar-refractivity contribution < 1.29 is 14.0 Å². The van der Waals surface area contributed by atoms with Gasteiger partial charge in [0, 0.05) is 23.5 Å². The van der Waals surface area contributed by atoms with Crippen LogP contribution in [0.1, 0.15) is 34.2 Å². The first-order valence-corrected chi connectivity index (χ1v) is 11.2. The van der Waals surface area contributed by atoms with Gasteiger partial charge in [-0.1, -0.05) is 24.3 Å². The van der Waals surface area contributed by atoms with Crippen LogP contribution in [0.3, 0.4) is 0 Å². The minimum atomic E-state index is -0.802. The van der Waals surface area contributed by atoms with Gasteiger partial charge >= 0.3 is 0 Å². The summed E-state index contributed by atoms with van der Waals surface area (Å²) >= 11 is 0. The SMILES string of the molecule is N=C(Cc1ccc(F)cc1)C1(CCN)c2ccc(NC=O)cc2CCc2cc(NC=O)ccc21. The summed E-state index contributed by atoms with van der Waals surface area (Å²) in [5.74, 6) is -0.317. The van der Waals surface area contributed by atoms with Crippen molar-refractivity contribution in [1.82, 2.24) is 0 Å². The normalized spacial score (nSPS) is 13.7. The van der Waals surface area contributed by atoms with Crippen molar-refractivity contribution in [2.45, 2.75) is 31.1 Å². The third kappa shape index (κ3) is 4.34. The molecule has 2 amide bonds. The molecule has 6 nitrogen and oxygen atoms in total. The maximum Gasteiger partial charge on any atom is 0.211 e. The number of halogens is 1. The van der Waals surface area contributed by atoms with Crippen LogP contribution in [0.5, 0.6) is 0 Å². The number of hydrogen-bond acceptors (Lipinski definition) is 4. The number of aryl methyl sites for hydroxylation is 2. The van der Waals surface area contributed by atoms with Gasteiger partial charge in [0.2, 0.25) is 12.8 Å². The predicted octanol–water partition coefficient (Wildman–Crippen LogP) is 3.96. The van der Waals surface area contributed by atoms with E-state index in [-0.39, 0.29) is 5.82 Å². The van der Waals surface area contributed by atoms with Gasteiger partial charge in [-0.25, -0.2) is 4.39 Å². The summed E-state index contributed by atoms with van der Waals surface area (Å²) in [5, 5.41) is 14.8. The third-order valence-corrected chi connectivity index (χ3v) is 6.57. The van der Waals surface area contributed by atoms with Crippen LogP contribution in [0, 0.1) is 11.2 Å². The quantitative estimate of drug-likeness (QED) is 0.288. The topological polar surface area (TPSA) is 108 Å². The van der Waals surface area contributed by atoms with Gasteiger partial charge in [0.05, 0.1) is 5.41 Å². The Labute approximate surface area is 197 Å². The van der Waals surface area contributed by atoms with Gasteiger partial charge in [-0.3, -0.25) is 9.59 Å².